The zero-order valence-electron chi connectivity index (χ0n) is 13.4. The fourth-order valence-corrected chi connectivity index (χ4v) is 4.04. The van der Waals surface area contributed by atoms with E-state index in [4.69, 9.17) is 5.73 Å². The largest absolute Gasteiger partial charge is 0.341 e. The molecular formula is C19H21FN2OS. The number of halogens is 1. The van der Waals surface area contributed by atoms with E-state index in [1.54, 1.807) is 12.1 Å². The Bertz CT molecular complexity index is 678. The van der Waals surface area contributed by atoms with E-state index < -0.39 is 0 Å². The summed E-state index contributed by atoms with van der Waals surface area (Å²) >= 11 is 1.47. The van der Waals surface area contributed by atoms with Gasteiger partial charge in [0.05, 0.1) is 0 Å². The van der Waals surface area contributed by atoms with Gasteiger partial charge in [-0.25, -0.2) is 4.39 Å². The van der Waals surface area contributed by atoms with Crippen LogP contribution in [0.5, 0.6) is 0 Å². The summed E-state index contributed by atoms with van der Waals surface area (Å²) in [6.07, 6.45) is 0.963. The van der Waals surface area contributed by atoms with Gasteiger partial charge in [0.2, 0.25) is 5.91 Å². The van der Waals surface area contributed by atoms with E-state index in [2.05, 4.69) is 0 Å². The smallest absolute Gasteiger partial charge is 0.240 e. The molecule has 1 heterocycles. The highest BCUT2D eigenvalue weighted by Gasteiger charge is 2.31. The van der Waals surface area contributed by atoms with Gasteiger partial charge in [0.15, 0.2) is 0 Å². The maximum Gasteiger partial charge on any atom is 0.240 e. The lowest BCUT2D eigenvalue weighted by Gasteiger charge is -2.23. The summed E-state index contributed by atoms with van der Waals surface area (Å²) < 4.78 is 13.1. The average molecular weight is 344 g/mol. The molecule has 0 spiro atoms. The summed E-state index contributed by atoms with van der Waals surface area (Å²) in [5.74, 6) is 0.222. The minimum atomic E-state index is -0.326. The molecule has 0 bridgehead atoms. The fourth-order valence-electron chi connectivity index (χ4n) is 2.93. The summed E-state index contributed by atoms with van der Waals surface area (Å²) in [5.41, 5.74) is 6.71. The van der Waals surface area contributed by atoms with Gasteiger partial charge in [-0.15, -0.1) is 11.8 Å². The van der Waals surface area contributed by atoms with E-state index in [0.717, 1.165) is 30.0 Å². The van der Waals surface area contributed by atoms with Gasteiger partial charge in [-0.3, -0.25) is 4.79 Å². The zero-order chi connectivity index (χ0) is 16.9. The predicted octanol–water partition coefficient (Wildman–Crippen LogP) is 3.47. The maximum atomic E-state index is 13.1. The third-order valence-corrected chi connectivity index (χ3v) is 5.58. The molecule has 1 aliphatic heterocycles. The van der Waals surface area contributed by atoms with Crippen molar-refractivity contribution in [3.63, 3.8) is 0 Å². The van der Waals surface area contributed by atoms with Gasteiger partial charge in [-0.1, -0.05) is 30.3 Å². The van der Waals surface area contributed by atoms with Crippen LogP contribution in [0.2, 0.25) is 0 Å². The SMILES string of the molecule is NCC1CCN(C(=O)C(Sc2ccc(F)cc2)c2ccccc2)C1. The van der Waals surface area contributed by atoms with Crippen LogP contribution in [0.25, 0.3) is 0 Å². The Kier molecular flexibility index (Phi) is 5.53. The lowest BCUT2D eigenvalue weighted by Crippen LogP contribution is -2.33. The second kappa shape index (κ2) is 7.81. The number of hydrogen-bond acceptors (Lipinski definition) is 3. The molecule has 2 aromatic rings. The molecule has 3 nitrogen and oxygen atoms in total. The van der Waals surface area contributed by atoms with Crippen LogP contribution in [-0.2, 0) is 4.79 Å². The van der Waals surface area contributed by atoms with Crippen molar-refractivity contribution in [2.75, 3.05) is 19.6 Å². The molecule has 5 heteroatoms. The van der Waals surface area contributed by atoms with Crippen LogP contribution in [0.3, 0.4) is 0 Å². The number of benzene rings is 2. The van der Waals surface area contributed by atoms with Crippen molar-refractivity contribution in [2.24, 2.45) is 11.7 Å². The van der Waals surface area contributed by atoms with Gasteiger partial charge < -0.3 is 10.6 Å². The van der Waals surface area contributed by atoms with Crippen molar-refractivity contribution in [1.29, 1.82) is 0 Å². The van der Waals surface area contributed by atoms with Crippen molar-refractivity contribution >= 4 is 17.7 Å². The molecule has 1 fully saturated rings. The van der Waals surface area contributed by atoms with E-state index in [1.165, 1.54) is 23.9 Å². The van der Waals surface area contributed by atoms with E-state index in [0.29, 0.717) is 12.5 Å². The first-order valence-corrected chi connectivity index (χ1v) is 9.01. The van der Waals surface area contributed by atoms with Gasteiger partial charge in [0.25, 0.3) is 0 Å². The highest BCUT2D eigenvalue weighted by atomic mass is 32.2. The minimum absolute atomic E-state index is 0.103. The van der Waals surface area contributed by atoms with Crippen molar-refractivity contribution in [1.82, 2.24) is 4.90 Å². The van der Waals surface area contributed by atoms with Crippen molar-refractivity contribution in [3.8, 4) is 0 Å². The lowest BCUT2D eigenvalue weighted by atomic mass is 10.1. The Balaban J connectivity index is 1.82. The summed E-state index contributed by atoms with van der Waals surface area (Å²) in [7, 11) is 0. The van der Waals surface area contributed by atoms with Crippen LogP contribution in [0.1, 0.15) is 17.2 Å². The Labute approximate surface area is 146 Å². The molecule has 1 amide bonds. The molecule has 3 rings (SSSR count). The fraction of sp³-hybridized carbons (Fsp3) is 0.316. The second-order valence-electron chi connectivity index (χ2n) is 6.04. The van der Waals surface area contributed by atoms with Gasteiger partial charge in [0.1, 0.15) is 11.1 Å². The molecule has 2 atom stereocenters. The first kappa shape index (κ1) is 17.0. The normalized spacial score (nSPS) is 18.6. The molecular weight excluding hydrogens is 323 g/mol. The maximum absolute atomic E-state index is 13.1. The summed E-state index contributed by atoms with van der Waals surface area (Å²) in [6.45, 7) is 2.10. The van der Waals surface area contributed by atoms with Crippen LogP contribution in [-0.4, -0.2) is 30.4 Å². The van der Waals surface area contributed by atoms with Crippen molar-refractivity contribution < 1.29 is 9.18 Å². The molecule has 2 unspecified atom stereocenters. The van der Waals surface area contributed by atoms with Crippen LogP contribution < -0.4 is 5.73 Å². The molecule has 2 aromatic carbocycles. The highest BCUT2D eigenvalue weighted by Crippen LogP contribution is 2.37. The van der Waals surface area contributed by atoms with Crippen molar-refractivity contribution in [3.05, 3.63) is 66.0 Å². The van der Waals surface area contributed by atoms with Gasteiger partial charge >= 0.3 is 0 Å². The summed E-state index contributed by atoms with van der Waals surface area (Å²) in [6, 6.07) is 16.0. The molecule has 24 heavy (non-hydrogen) atoms. The highest BCUT2D eigenvalue weighted by molar-refractivity contribution is 8.00. The molecule has 0 saturated carbocycles. The number of likely N-dealkylation sites (tertiary alicyclic amines) is 1. The van der Waals surface area contributed by atoms with E-state index in [9.17, 15) is 9.18 Å². The van der Waals surface area contributed by atoms with E-state index in [1.807, 2.05) is 35.2 Å². The van der Waals surface area contributed by atoms with E-state index >= 15 is 0 Å². The molecule has 0 radical (unpaired) electrons. The number of nitrogens with zero attached hydrogens (tertiary/aromatic N) is 1. The zero-order valence-corrected chi connectivity index (χ0v) is 14.2. The number of hydrogen-bond donors (Lipinski definition) is 1. The second-order valence-corrected chi connectivity index (χ2v) is 7.22. The summed E-state index contributed by atoms with van der Waals surface area (Å²) in [5, 5.41) is -0.326. The Morgan fingerprint density at radius 3 is 2.54 bits per heavy atom. The number of carbonyl (C=O) groups is 1. The average Bonchev–Trinajstić information content (AvgIpc) is 3.11. The van der Waals surface area contributed by atoms with Crippen molar-refractivity contribution in [2.45, 2.75) is 16.6 Å². The first-order chi connectivity index (χ1) is 11.7. The number of thioether (sulfide) groups is 1. The number of rotatable bonds is 5. The van der Waals surface area contributed by atoms with Crippen LogP contribution in [0.15, 0.2) is 59.5 Å². The van der Waals surface area contributed by atoms with Crippen LogP contribution in [0, 0.1) is 11.7 Å². The first-order valence-electron chi connectivity index (χ1n) is 8.13. The quantitative estimate of drug-likeness (QED) is 0.845. The molecule has 0 aliphatic carbocycles. The Morgan fingerprint density at radius 2 is 1.92 bits per heavy atom. The number of carbonyl (C=O) groups excluding carboxylic acids is 1. The van der Waals surface area contributed by atoms with Gasteiger partial charge in [-0.2, -0.15) is 0 Å². The predicted molar refractivity (Wildman–Crippen MR) is 95.2 cm³/mol. The standard InChI is InChI=1S/C19H21FN2OS/c20-16-6-8-17(9-7-16)24-18(15-4-2-1-3-5-15)19(23)22-11-10-14(12-21)13-22/h1-9,14,18H,10-13,21H2. The van der Waals surface area contributed by atoms with E-state index in [-0.39, 0.29) is 17.0 Å². The lowest BCUT2D eigenvalue weighted by molar-refractivity contribution is -0.129. The third kappa shape index (κ3) is 3.97. The topological polar surface area (TPSA) is 46.3 Å². The minimum Gasteiger partial charge on any atom is -0.341 e. The van der Waals surface area contributed by atoms with Crippen LogP contribution >= 0.6 is 11.8 Å². The van der Waals surface area contributed by atoms with Gasteiger partial charge in [-0.05, 0) is 48.7 Å². The number of amides is 1. The van der Waals surface area contributed by atoms with Crippen LogP contribution in [0.4, 0.5) is 4.39 Å². The molecule has 0 aromatic heterocycles. The number of nitrogens with two attached hydrogens (primary N) is 1. The molecule has 1 aliphatic rings. The Morgan fingerprint density at radius 1 is 1.21 bits per heavy atom. The Hall–Kier alpha value is -1.85. The monoisotopic (exact) mass is 344 g/mol. The molecule has 1 saturated heterocycles. The molecule has 126 valence electrons. The molecule has 2 N–H and O–H groups in total. The summed E-state index contributed by atoms with van der Waals surface area (Å²) in [4.78, 5) is 15.9. The van der Waals surface area contributed by atoms with Gasteiger partial charge in [0, 0.05) is 18.0 Å². The third-order valence-electron chi connectivity index (χ3n) is 4.33.